The molecule has 1 aromatic heterocycles. The van der Waals surface area contributed by atoms with Crippen molar-refractivity contribution in [3.05, 3.63) is 65.0 Å². The van der Waals surface area contributed by atoms with E-state index in [4.69, 9.17) is 11.6 Å². The van der Waals surface area contributed by atoms with Gasteiger partial charge in [0.1, 0.15) is 0 Å². The van der Waals surface area contributed by atoms with Gasteiger partial charge in [0, 0.05) is 19.3 Å². The lowest BCUT2D eigenvalue weighted by Gasteiger charge is -2.13. The SMILES string of the molecule is O=C(NCCCN1C(=O)c2ccccc2C1=O)c1ccc(CCl)nc1. The van der Waals surface area contributed by atoms with E-state index in [1.165, 1.54) is 11.1 Å². The van der Waals surface area contributed by atoms with Gasteiger partial charge in [-0.15, -0.1) is 11.6 Å². The van der Waals surface area contributed by atoms with Crippen LogP contribution in [0.2, 0.25) is 0 Å². The highest BCUT2D eigenvalue weighted by Gasteiger charge is 2.34. The van der Waals surface area contributed by atoms with Crippen LogP contribution in [0.4, 0.5) is 0 Å². The summed E-state index contributed by atoms with van der Waals surface area (Å²) < 4.78 is 0. The van der Waals surface area contributed by atoms with Crippen molar-refractivity contribution in [1.82, 2.24) is 15.2 Å². The number of hydrogen-bond acceptors (Lipinski definition) is 4. The third-order valence-corrected chi connectivity index (χ3v) is 4.22. The van der Waals surface area contributed by atoms with Gasteiger partial charge in [0.05, 0.1) is 28.3 Å². The number of pyridine rings is 1. The molecule has 3 amide bonds. The standard InChI is InChI=1S/C18H16ClN3O3/c19-10-13-7-6-12(11-21-13)16(23)20-8-3-9-22-17(24)14-4-1-2-5-15(14)18(22)25/h1-2,4-7,11H,3,8-10H2,(H,20,23). The molecule has 7 heteroatoms. The van der Waals surface area contributed by atoms with Crippen molar-refractivity contribution in [2.24, 2.45) is 0 Å². The predicted octanol–water partition coefficient (Wildman–Crippen LogP) is 2.24. The molecule has 0 spiro atoms. The van der Waals surface area contributed by atoms with E-state index in [1.807, 2.05) is 0 Å². The zero-order chi connectivity index (χ0) is 17.8. The average molecular weight is 358 g/mol. The maximum absolute atomic E-state index is 12.2. The molecule has 1 aliphatic rings. The van der Waals surface area contributed by atoms with Crippen molar-refractivity contribution >= 4 is 29.3 Å². The number of carbonyl (C=O) groups excluding carboxylic acids is 3. The number of imide groups is 1. The normalized spacial score (nSPS) is 13.1. The fraction of sp³-hybridized carbons (Fsp3) is 0.222. The molecule has 6 nitrogen and oxygen atoms in total. The second-order valence-corrected chi connectivity index (χ2v) is 5.86. The number of benzene rings is 1. The molecule has 1 aliphatic heterocycles. The Labute approximate surface area is 149 Å². The fourth-order valence-corrected chi connectivity index (χ4v) is 2.78. The van der Waals surface area contributed by atoms with Crippen LogP contribution in [0.1, 0.15) is 43.2 Å². The lowest BCUT2D eigenvalue weighted by atomic mass is 10.1. The monoisotopic (exact) mass is 357 g/mol. The molecule has 0 aliphatic carbocycles. The summed E-state index contributed by atoms with van der Waals surface area (Å²) in [5, 5.41) is 2.75. The molecule has 2 heterocycles. The van der Waals surface area contributed by atoms with Crippen LogP contribution in [0, 0.1) is 0 Å². The zero-order valence-electron chi connectivity index (χ0n) is 13.4. The number of fused-ring (bicyclic) bond motifs is 1. The summed E-state index contributed by atoms with van der Waals surface area (Å²) in [6, 6.07) is 10.1. The minimum atomic E-state index is -0.284. The number of carbonyl (C=O) groups is 3. The number of rotatable bonds is 6. The maximum Gasteiger partial charge on any atom is 0.261 e. The van der Waals surface area contributed by atoms with E-state index in [2.05, 4.69) is 10.3 Å². The number of aromatic nitrogens is 1. The van der Waals surface area contributed by atoms with Gasteiger partial charge in [-0.3, -0.25) is 24.3 Å². The first-order valence-corrected chi connectivity index (χ1v) is 8.39. The molecule has 1 N–H and O–H groups in total. The van der Waals surface area contributed by atoms with Crippen molar-refractivity contribution in [2.75, 3.05) is 13.1 Å². The van der Waals surface area contributed by atoms with Gasteiger partial charge in [-0.2, -0.15) is 0 Å². The quantitative estimate of drug-likeness (QED) is 0.488. The number of nitrogens with one attached hydrogen (secondary N) is 1. The Morgan fingerprint density at radius 1 is 1.08 bits per heavy atom. The summed E-state index contributed by atoms with van der Waals surface area (Å²) in [7, 11) is 0. The first-order chi connectivity index (χ1) is 12.1. The summed E-state index contributed by atoms with van der Waals surface area (Å²) in [5.41, 5.74) is 2.00. The second kappa shape index (κ2) is 7.44. The van der Waals surface area contributed by atoms with Crippen molar-refractivity contribution in [2.45, 2.75) is 12.3 Å². The third-order valence-electron chi connectivity index (χ3n) is 3.95. The van der Waals surface area contributed by atoms with Crippen molar-refractivity contribution in [1.29, 1.82) is 0 Å². The van der Waals surface area contributed by atoms with Crippen LogP contribution in [0.25, 0.3) is 0 Å². The van der Waals surface area contributed by atoms with Gasteiger partial charge in [-0.05, 0) is 30.7 Å². The van der Waals surface area contributed by atoms with E-state index < -0.39 is 0 Å². The summed E-state index contributed by atoms with van der Waals surface area (Å²) in [5.74, 6) is -0.529. The van der Waals surface area contributed by atoms with Crippen LogP contribution in [-0.2, 0) is 5.88 Å². The zero-order valence-corrected chi connectivity index (χ0v) is 14.1. The Morgan fingerprint density at radius 3 is 2.32 bits per heavy atom. The minimum absolute atomic E-state index is 0.254. The highest BCUT2D eigenvalue weighted by atomic mass is 35.5. The van der Waals surface area contributed by atoms with Gasteiger partial charge >= 0.3 is 0 Å². The molecule has 0 bridgehead atoms. The maximum atomic E-state index is 12.2. The predicted molar refractivity (Wildman–Crippen MR) is 92.6 cm³/mol. The molecule has 3 rings (SSSR count). The summed E-state index contributed by atoms with van der Waals surface area (Å²) in [4.78, 5) is 41.7. The molecule has 25 heavy (non-hydrogen) atoms. The molecule has 0 saturated carbocycles. The fourth-order valence-electron chi connectivity index (χ4n) is 2.62. The Bertz CT molecular complexity index is 786. The molecular weight excluding hydrogens is 342 g/mol. The lowest BCUT2D eigenvalue weighted by molar-refractivity contribution is 0.0653. The topological polar surface area (TPSA) is 79.4 Å². The number of amides is 3. The molecular formula is C18H16ClN3O3. The summed E-state index contributed by atoms with van der Waals surface area (Å²) in [6.45, 7) is 0.611. The average Bonchev–Trinajstić information content (AvgIpc) is 2.90. The lowest BCUT2D eigenvalue weighted by Crippen LogP contribution is -2.33. The number of nitrogens with zero attached hydrogens (tertiary/aromatic N) is 2. The van der Waals surface area contributed by atoms with E-state index in [-0.39, 0.29) is 24.3 Å². The van der Waals surface area contributed by atoms with Crippen LogP contribution in [-0.4, -0.2) is 40.7 Å². The van der Waals surface area contributed by atoms with Crippen molar-refractivity contribution in [3.63, 3.8) is 0 Å². The van der Waals surface area contributed by atoms with Crippen LogP contribution in [0.5, 0.6) is 0 Å². The highest BCUT2D eigenvalue weighted by molar-refractivity contribution is 6.21. The Morgan fingerprint density at radius 2 is 1.76 bits per heavy atom. The first kappa shape index (κ1) is 17.1. The molecule has 0 radical (unpaired) electrons. The molecule has 0 unspecified atom stereocenters. The Kier molecular flexibility index (Phi) is 5.09. The molecule has 0 fully saturated rings. The molecule has 0 atom stereocenters. The van der Waals surface area contributed by atoms with Crippen LogP contribution in [0.3, 0.4) is 0 Å². The molecule has 2 aromatic rings. The van der Waals surface area contributed by atoms with Gasteiger partial charge in [0.15, 0.2) is 0 Å². The molecule has 128 valence electrons. The molecule has 0 saturated heterocycles. The Balaban J connectivity index is 1.50. The highest BCUT2D eigenvalue weighted by Crippen LogP contribution is 2.22. The Hall–Kier alpha value is -2.73. The summed E-state index contributed by atoms with van der Waals surface area (Å²) >= 11 is 5.66. The summed E-state index contributed by atoms with van der Waals surface area (Å²) in [6.07, 6.45) is 1.95. The molecule has 1 aromatic carbocycles. The van der Waals surface area contributed by atoms with E-state index in [9.17, 15) is 14.4 Å². The van der Waals surface area contributed by atoms with E-state index in [0.29, 0.717) is 41.2 Å². The smallest absolute Gasteiger partial charge is 0.261 e. The largest absolute Gasteiger partial charge is 0.352 e. The number of alkyl halides is 1. The van der Waals surface area contributed by atoms with Crippen molar-refractivity contribution < 1.29 is 14.4 Å². The van der Waals surface area contributed by atoms with Crippen LogP contribution < -0.4 is 5.32 Å². The van der Waals surface area contributed by atoms with Gasteiger partial charge in [0.25, 0.3) is 17.7 Å². The second-order valence-electron chi connectivity index (χ2n) is 5.59. The van der Waals surface area contributed by atoms with E-state index in [0.717, 1.165) is 0 Å². The van der Waals surface area contributed by atoms with Crippen molar-refractivity contribution in [3.8, 4) is 0 Å². The first-order valence-electron chi connectivity index (χ1n) is 7.86. The number of hydrogen-bond donors (Lipinski definition) is 1. The van der Waals surface area contributed by atoms with E-state index >= 15 is 0 Å². The minimum Gasteiger partial charge on any atom is -0.352 e. The number of halogens is 1. The van der Waals surface area contributed by atoms with Crippen LogP contribution in [0.15, 0.2) is 42.6 Å². The van der Waals surface area contributed by atoms with Gasteiger partial charge in [-0.1, -0.05) is 12.1 Å². The van der Waals surface area contributed by atoms with E-state index in [1.54, 1.807) is 36.4 Å². The van der Waals surface area contributed by atoms with Gasteiger partial charge < -0.3 is 5.32 Å². The van der Waals surface area contributed by atoms with Crippen LogP contribution >= 0.6 is 11.6 Å². The van der Waals surface area contributed by atoms with Gasteiger partial charge in [-0.25, -0.2) is 0 Å². The third kappa shape index (κ3) is 3.53. The van der Waals surface area contributed by atoms with Gasteiger partial charge in [0.2, 0.25) is 0 Å².